The zero-order valence-electron chi connectivity index (χ0n) is 9.67. The van der Waals surface area contributed by atoms with Crippen LogP contribution in [0.1, 0.15) is 10.4 Å². The number of hydrogen-bond acceptors (Lipinski definition) is 4. The molecule has 0 N–H and O–H groups in total. The largest absolute Gasteiger partial charge is 0.465 e. The first-order chi connectivity index (χ1) is 8.78. The molecular formula is C14H10O3S. The van der Waals surface area contributed by atoms with Crippen LogP contribution >= 0.6 is 11.8 Å². The van der Waals surface area contributed by atoms with Crippen LogP contribution in [0.15, 0.2) is 52.3 Å². The highest BCUT2D eigenvalue weighted by Crippen LogP contribution is 2.46. The minimum atomic E-state index is -0.356. The Hall–Kier alpha value is -1.94. The van der Waals surface area contributed by atoms with Crippen LogP contribution < -0.4 is 4.74 Å². The van der Waals surface area contributed by atoms with E-state index >= 15 is 0 Å². The lowest BCUT2D eigenvalue weighted by Gasteiger charge is -2.19. The SMILES string of the molecule is COC(=O)c1ccc2c(c1)Oc1ccccc1S2. The number of esters is 1. The molecule has 0 amide bonds. The third-order valence-corrected chi connectivity index (χ3v) is 3.77. The fourth-order valence-electron chi connectivity index (χ4n) is 1.77. The molecular weight excluding hydrogens is 248 g/mol. The smallest absolute Gasteiger partial charge is 0.337 e. The molecule has 0 fully saturated rings. The Morgan fingerprint density at radius 2 is 1.89 bits per heavy atom. The van der Waals surface area contributed by atoms with Gasteiger partial charge in [-0.25, -0.2) is 4.79 Å². The number of benzene rings is 2. The maximum atomic E-state index is 11.5. The monoisotopic (exact) mass is 258 g/mol. The molecule has 18 heavy (non-hydrogen) atoms. The van der Waals surface area contributed by atoms with E-state index in [1.54, 1.807) is 23.9 Å². The first-order valence-electron chi connectivity index (χ1n) is 5.45. The van der Waals surface area contributed by atoms with Gasteiger partial charge in [0.1, 0.15) is 11.5 Å². The van der Waals surface area contributed by atoms with Crippen molar-refractivity contribution in [3.05, 3.63) is 48.0 Å². The summed E-state index contributed by atoms with van der Waals surface area (Å²) in [6.45, 7) is 0. The van der Waals surface area contributed by atoms with Gasteiger partial charge in [0, 0.05) is 0 Å². The molecule has 0 aliphatic carbocycles. The minimum absolute atomic E-state index is 0.356. The summed E-state index contributed by atoms with van der Waals surface area (Å²) in [6.07, 6.45) is 0. The average molecular weight is 258 g/mol. The van der Waals surface area contributed by atoms with Crippen LogP contribution in [-0.2, 0) is 4.74 Å². The van der Waals surface area contributed by atoms with Crippen molar-refractivity contribution in [1.29, 1.82) is 0 Å². The molecule has 1 aliphatic rings. The topological polar surface area (TPSA) is 35.5 Å². The van der Waals surface area contributed by atoms with E-state index in [2.05, 4.69) is 0 Å². The highest BCUT2D eigenvalue weighted by molar-refractivity contribution is 7.99. The normalized spacial score (nSPS) is 12.1. The molecule has 0 saturated carbocycles. The van der Waals surface area contributed by atoms with Gasteiger partial charge in [-0.3, -0.25) is 0 Å². The lowest BCUT2D eigenvalue weighted by atomic mass is 10.2. The number of hydrogen-bond donors (Lipinski definition) is 0. The summed E-state index contributed by atoms with van der Waals surface area (Å²) in [5.41, 5.74) is 0.497. The van der Waals surface area contributed by atoms with Crippen LogP contribution in [0, 0.1) is 0 Å². The van der Waals surface area contributed by atoms with Crippen molar-refractivity contribution >= 4 is 17.7 Å². The molecule has 0 bridgehead atoms. The van der Waals surface area contributed by atoms with Crippen LogP contribution in [0.4, 0.5) is 0 Å². The molecule has 3 rings (SSSR count). The van der Waals surface area contributed by atoms with Crippen LogP contribution in [-0.4, -0.2) is 13.1 Å². The van der Waals surface area contributed by atoms with Crippen molar-refractivity contribution in [1.82, 2.24) is 0 Å². The molecule has 0 unspecified atom stereocenters. The second-order valence-corrected chi connectivity index (χ2v) is 4.89. The van der Waals surface area contributed by atoms with Gasteiger partial charge in [0.15, 0.2) is 0 Å². The summed E-state index contributed by atoms with van der Waals surface area (Å²) in [5, 5.41) is 0. The Morgan fingerprint density at radius 1 is 1.11 bits per heavy atom. The van der Waals surface area contributed by atoms with Crippen molar-refractivity contribution < 1.29 is 14.3 Å². The first-order valence-corrected chi connectivity index (χ1v) is 6.26. The Kier molecular flexibility index (Phi) is 2.72. The lowest BCUT2D eigenvalue weighted by molar-refractivity contribution is 0.0600. The maximum Gasteiger partial charge on any atom is 0.337 e. The summed E-state index contributed by atoms with van der Waals surface area (Å²) in [5.74, 6) is 1.16. The van der Waals surface area contributed by atoms with E-state index in [0.717, 1.165) is 15.5 Å². The molecule has 0 saturated heterocycles. The van der Waals surface area contributed by atoms with E-state index in [0.29, 0.717) is 11.3 Å². The third kappa shape index (κ3) is 1.84. The van der Waals surface area contributed by atoms with Crippen LogP contribution in [0.25, 0.3) is 0 Å². The Morgan fingerprint density at radius 3 is 2.72 bits per heavy atom. The van der Waals surface area contributed by atoms with E-state index < -0.39 is 0 Å². The summed E-state index contributed by atoms with van der Waals surface area (Å²) >= 11 is 1.63. The van der Waals surface area contributed by atoms with Crippen molar-refractivity contribution in [3.63, 3.8) is 0 Å². The zero-order chi connectivity index (χ0) is 12.5. The zero-order valence-corrected chi connectivity index (χ0v) is 10.5. The van der Waals surface area contributed by atoms with Gasteiger partial charge in [0.05, 0.1) is 22.5 Å². The molecule has 90 valence electrons. The molecule has 0 spiro atoms. The van der Waals surface area contributed by atoms with Gasteiger partial charge in [0.2, 0.25) is 0 Å². The molecule has 2 aromatic carbocycles. The van der Waals surface area contributed by atoms with Gasteiger partial charge in [-0.1, -0.05) is 23.9 Å². The van der Waals surface area contributed by atoms with Crippen LogP contribution in [0.2, 0.25) is 0 Å². The summed E-state index contributed by atoms with van der Waals surface area (Å²) in [6, 6.07) is 13.2. The summed E-state index contributed by atoms with van der Waals surface area (Å²) < 4.78 is 10.5. The van der Waals surface area contributed by atoms with E-state index in [-0.39, 0.29) is 5.97 Å². The number of carbonyl (C=O) groups is 1. The highest BCUT2D eigenvalue weighted by atomic mass is 32.2. The molecule has 0 aromatic heterocycles. The van der Waals surface area contributed by atoms with Gasteiger partial charge in [-0.05, 0) is 30.3 Å². The summed E-state index contributed by atoms with van der Waals surface area (Å²) in [4.78, 5) is 13.5. The second-order valence-electron chi connectivity index (χ2n) is 3.80. The standard InChI is InChI=1S/C14H10O3S/c1-16-14(15)9-6-7-13-11(8-9)17-10-4-2-3-5-12(10)18-13/h2-8H,1H3. The number of rotatable bonds is 1. The van der Waals surface area contributed by atoms with E-state index in [4.69, 9.17) is 9.47 Å². The Bertz CT molecular complexity index is 622. The van der Waals surface area contributed by atoms with Gasteiger partial charge >= 0.3 is 5.97 Å². The van der Waals surface area contributed by atoms with Crippen LogP contribution in [0.5, 0.6) is 11.5 Å². The quantitative estimate of drug-likeness (QED) is 0.623. The van der Waals surface area contributed by atoms with Gasteiger partial charge in [-0.2, -0.15) is 0 Å². The second kappa shape index (κ2) is 4.38. The number of carbonyl (C=O) groups excluding carboxylic acids is 1. The molecule has 0 radical (unpaired) electrons. The highest BCUT2D eigenvalue weighted by Gasteiger charge is 2.19. The van der Waals surface area contributed by atoms with Gasteiger partial charge < -0.3 is 9.47 Å². The molecule has 2 aromatic rings. The fourth-order valence-corrected chi connectivity index (χ4v) is 2.70. The fraction of sp³-hybridized carbons (Fsp3) is 0.0714. The predicted octanol–water partition coefficient (Wildman–Crippen LogP) is 3.73. The summed E-state index contributed by atoms with van der Waals surface area (Å²) in [7, 11) is 1.37. The Balaban J connectivity index is 2.01. The van der Waals surface area contributed by atoms with E-state index in [9.17, 15) is 4.79 Å². The van der Waals surface area contributed by atoms with E-state index in [1.807, 2.05) is 30.3 Å². The van der Waals surface area contributed by atoms with Gasteiger partial charge in [-0.15, -0.1) is 0 Å². The van der Waals surface area contributed by atoms with Crippen molar-refractivity contribution in [2.45, 2.75) is 9.79 Å². The number of fused-ring (bicyclic) bond motifs is 2. The molecule has 1 aliphatic heterocycles. The first kappa shape index (κ1) is 11.2. The van der Waals surface area contributed by atoms with Crippen molar-refractivity contribution in [3.8, 4) is 11.5 Å². The van der Waals surface area contributed by atoms with E-state index in [1.165, 1.54) is 7.11 Å². The minimum Gasteiger partial charge on any atom is -0.465 e. The molecule has 3 nitrogen and oxygen atoms in total. The molecule has 1 heterocycles. The predicted molar refractivity (Wildman–Crippen MR) is 68.4 cm³/mol. The lowest BCUT2D eigenvalue weighted by Crippen LogP contribution is -2.03. The molecule has 0 atom stereocenters. The number of methoxy groups -OCH3 is 1. The Labute approximate surface area is 109 Å². The van der Waals surface area contributed by atoms with Crippen LogP contribution in [0.3, 0.4) is 0 Å². The average Bonchev–Trinajstić information content (AvgIpc) is 2.43. The number of ether oxygens (including phenoxy) is 2. The van der Waals surface area contributed by atoms with Crippen molar-refractivity contribution in [2.75, 3.05) is 7.11 Å². The van der Waals surface area contributed by atoms with Gasteiger partial charge in [0.25, 0.3) is 0 Å². The third-order valence-electron chi connectivity index (χ3n) is 2.65. The van der Waals surface area contributed by atoms with Crippen molar-refractivity contribution in [2.24, 2.45) is 0 Å². The number of para-hydroxylation sites is 1. The molecule has 4 heteroatoms. The maximum absolute atomic E-state index is 11.5.